The van der Waals surface area contributed by atoms with Gasteiger partial charge in [-0.1, -0.05) is 44.2 Å². The molecule has 7 nitrogen and oxygen atoms in total. The van der Waals surface area contributed by atoms with Gasteiger partial charge in [0.25, 0.3) is 10.1 Å². The van der Waals surface area contributed by atoms with E-state index in [1.807, 2.05) is 13.8 Å². The molecule has 9 heteroatoms. The number of carbonyl (C=O) groups is 2. The molecule has 0 saturated carbocycles. The molecule has 0 amide bonds. The molecule has 0 unspecified atom stereocenters. The van der Waals surface area contributed by atoms with Crippen LogP contribution in [0.25, 0.3) is 12.2 Å². The maximum atomic E-state index is 12.4. The molecule has 0 atom stereocenters. The predicted octanol–water partition coefficient (Wildman–Crippen LogP) is 3.46. The maximum Gasteiger partial charge on any atom is 0.341 e. The molecule has 0 bridgehead atoms. The van der Waals surface area contributed by atoms with Crippen LogP contribution in [-0.4, -0.2) is 82.9 Å². The first-order valence-corrected chi connectivity index (χ1v) is 10.3. The number of carbonyl (C=O) groups excluding carboxylic acids is 2. The molecule has 2 aromatic carbocycles. The van der Waals surface area contributed by atoms with E-state index in [1.54, 1.807) is 24.3 Å². The van der Waals surface area contributed by atoms with Crippen molar-refractivity contribution in [3.8, 4) is 5.75 Å². The SMILES string of the molecule is CC(=O)Oc1ccc(C=Cc2ccc(S(=O)(=O)O)cc2)cc1C(=O)OCC(C)C.[K]. The van der Waals surface area contributed by atoms with Gasteiger partial charge >= 0.3 is 11.9 Å². The van der Waals surface area contributed by atoms with Gasteiger partial charge in [-0.05, 0) is 41.3 Å². The number of ether oxygens (including phenoxy) is 2. The molecule has 0 saturated heterocycles. The normalized spacial score (nSPS) is 11.2. The van der Waals surface area contributed by atoms with Crippen molar-refractivity contribution in [1.82, 2.24) is 0 Å². The molecule has 0 heterocycles. The van der Waals surface area contributed by atoms with Crippen LogP contribution in [-0.2, 0) is 19.6 Å². The molecule has 1 radical (unpaired) electrons. The average Bonchev–Trinajstić information content (AvgIpc) is 2.64. The van der Waals surface area contributed by atoms with Gasteiger partial charge in [0, 0.05) is 58.3 Å². The predicted molar refractivity (Wildman–Crippen MR) is 114 cm³/mol. The van der Waals surface area contributed by atoms with Crippen LogP contribution in [0.4, 0.5) is 0 Å². The molecule has 0 aliphatic carbocycles. The summed E-state index contributed by atoms with van der Waals surface area (Å²) in [4.78, 5) is 23.5. The van der Waals surface area contributed by atoms with E-state index in [9.17, 15) is 18.0 Å². The van der Waals surface area contributed by atoms with Crippen molar-refractivity contribution in [2.45, 2.75) is 25.7 Å². The Morgan fingerprint density at radius 3 is 2.13 bits per heavy atom. The molecule has 0 aliphatic rings. The van der Waals surface area contributed by atoms with Crippen LogP contribution in [0.1, 0.15) is 42.3 Å². The monoisotopic (exact) mass is 457 g/mol. The van der Waals surface area contributed by atoms with Crippen molar-refractivity contribution < 1.29 is 32.0 Å². The number of hydrogen-bond donors (Lipinski definition) is 1. The van der Waals surface area contributed by atoms with E-state index in [0.717, 1.165) is 0 Å². The molecule has 0 fully saturated rings. The molecule has 30 heavy (non-hydrogen) atoms. The van der Waals surface area contributed by atoms with Gasteiger partial charge in [0.05, 0.1) is 11.5 Å². The van der Waals surface area contributed by atoms with Crippen LogP contribution in [0.3, 0.4) is 0 Å². The van der Waals surface area contributed by atoms with E-state index in [-0.39, 0.29) is 80.1 Å². The Labute approximate surface area is 218 Å². The van der Waals surface area contributed by atoms with Gasteiger partial charge in [0.2, 0.25) is 0 Å². The molecule has 155 valence electrons. The molecular formula is C21H22KO7S. The van der Waals surface area contributed by atoms with Gasteiger partial charge in [-0.25, -0.2) is 4.79 Å². The topological polar surface area (TPSA) is 107 Å². The van der Waals surface area contributed by atoms with E-state index < -0.39 is 22.1 Å². The fourth-order valence-corrected chi connectivity index (χ4v) is 2.80. The van der Waals surface area contributed by atoms with Crippen molar-refractivity contribution >= 4 is 85.6 Å². The third-order valence-corrected chi connectivity index (χ3v) is 4.54. The Kier molecular flexibility index (Phi) is 10.6. The van der Waals surface area contributed by atoms with Crippen molar-refractivity contribution in [2.75, 3.05) is 6.61 Å². The van der Waals surface area contributed by atoms with Gasteiger partial charge < -0.3 is 9.47 Å². The van der Waals surface area contributed by atoms with E-state index in [2.05, 4.69) is 0 Å². The first kappa shape index (κ1) is 26.7. The zero-order chi connectivity index (χ0) is 21.6. The molecule has 0 aromatic heterocycles. The number of rotatable bonds is 7. The summed E-state index contributed by atoms with van der Waals surface area (Å²) >= 11 is 0. The third kappa shape index (κ3) is 8.42. The average molecular weight is 458 g/mol. The Bertz CT molecular complexity index is 1030. The standard InChI is InChI=1S/C21H22O7S.K/c1-14(2)13-27-21(23)19-12-17(8-11-20(19)28-15(3)22)5-4-16-6-9-18(10-7-16)29(24,25)26;/h4-12,14H,13H2,1-3H3,(H,24,25,26);. The first-order chi connectivity index (χ1) is 13.6. The summed E-state index contributed by atoms with van der Waals surface area (Å²) in [6.45, 7) is 5.30. The number of benzene rings is 2. The van der Waals surface area contributed by atoms with Gasteiger partial charge in [-0.3, -0.25) is 9.35 Å². The molecule has 2 rings (SSSR count). The van der Waals surface area contributed by atoms with E-state index >= 15 is 0 Å². The quantitative estimate of drug-likeness (QED) is 0.223. The second kappa shape index (κ2) is 11.9. The first-order valence-electron chi connectivity index (χ1n) is 8.81. The van der Waals surface area contributed by atoms with Gasteiger partial charge in [0.1, 0.15) is 11.3 Å². The molecule has 2 aromatic rings. The minimum atomic E-state index is -4.25. The van der Waals surface area contributed by atoms with Crippen molar-refractivity contribution in [2.24, 2.45) is 5.92 Å². The Morgan fingerprint density at radius 1 is 1.03 bits per heavy atom. The molecular weight excluding hydrogens is 435 g/mol. The van der Waals surface area contributed by atoms with Crippen LogP contribution in [0.15, 0.2) is 47.4 Å². The minimum Gasteiger partial charge on any atom is -0.462 e. The van der Waals surface area contributed by atoms with Crippen molar-refractivity contribution in [1.29, 1.82) is 0 Å². The van der Waals surface area contributed by atoms with Gasteiger partial charge in [-0.15, -0.1) is 0 Å². The third-order valence-electron chi connectivity index (χ3n) is 3.67. The second-order valence-electron chi connectivity index (χ2n) is 6.72. The summed E-state index contributed by atoms with van der Waals surface area (Å²) in [5.74, 6) is -0.876. The molecule has 0 spiro atoms. The molecule has 1 N–H and O–H groups in total. The number of esters is 2. The van der Waals surface area contributed by atoms with E-state index in [1.165, 1.54) is 37.3 Å². The van der Waals surface area contributed by atoms with Crippen LogP contribution in [0, 0.1) is 5.92 Å². The summed E-state index contributed by atoms with van der Waals surface area (Å²) in [7, 11) is -4.25. The maximum absolute atomic E-state index is 12.4. The van der Waals surface area contributed by atoms with Gasteiger partial charge in [0.15, 0.2) is 0 Å². The van der Waals surface area contributed by atoms with Gasteiger partial charge in [-0.2, -0.15) is 8.42 Å². The summed E-state index contributed by atoms with van der Waals surface area (Å²) < 4.78 is 41.5. The van der Waals surface area contributed by atoms with Crippen LogP contribution >= 0.6 is 0 Å². The fourth-order valence-electron chi connectivity index (χ4n) is 2.32. The number of hydrogen-bond acceptors (Lipinski definition) is 6. The Morgan fingerprint density at radius 2 is 1.60 bits per heavy atom. The summed E-state index contributed by atoms with van der Waals surface area (Å²) in [5.41, 5.74) is 1.46. The smallest absolute Gasteiger partial charge is 0.341 e. The van der Waals surface area contributed by atoms with E-state index in [0.29, 0.717) is 11.1 Å². The zero-order valence-corrected chi connectivity index (χ0v) is 21.2. The molecule has 0 aliphatic heterocycles. The van der Waals surface area contributed by atoms with E-state index in [4.69, 9.17) is 14.0 Å². The van der Waals surface area contributed by atoms with Crippen LogP contribution in [0.5, 0.6) is 5.75 Å². The second-order valence-corrected chi connectivity index (χ2v) is 8.14. The Hall–Kier alpha value is -1.33. The summed E-state index contributed by atoms with van der Waals surface area (Å²) in [5, 5.41) is 0. The zero-order valence-electron chi connectivity index (χ0n) is 17.3. The van der Waals surface area contributed by atoms with Crippen LogP contribution < -0.4 is 4.74 Å². The largest absolute Gasteiger partial charge is 0.462 e. The summed E-state index contributed by atoms with van der Waals surface area (Å²) in [6, 6.07) is 10.4. The van der Waals surface area contributed by atoms with Crippen molar-refractivity contribution in [3.63, 3.8) is 0 Å². The summed E-state index contributed by atoms with van der Waals surface area (Å²) in [6.07, 6.45) is 3.41. The fraction of sp³-hybridized carbons (Fsp3) is 0.238. The van der Waals surface area contributed by atoms with Crippen molar-refractivity contribution in [3.05, 3.63) is 59.2 Å². The van der Waals surface area contributed by atoms with Crippen LogP contribution in [0.2, 0.25) is 0 Å². The Balaban J connectivity index is 0.00000450. The minimum absolute atomic E-state index is 0.